The lowest BCUT2D eigenvalue weighted by atomic mass is 10.0. The van der Waals surface area contributed by atoms with Crippen molar-refractivity contribution in [2.75, 3.05) is 10.2 Å². The Morgan fingerprint density at radius 2 is 1.17 bits per heavy atom. The summed E-state index contributed by atoms with van der Waals surface area (Å²) >= 11 is 0. The molecule has 2 aromatic carbocycles. The van der Waals surface area contributed by atoms with Gasteiger partial charge in [-0.2, -0.15) is 16.8 Å². The fourth-order valence-electron chi connectivity index (χ4n) is 5.96. The minimum atomic E-state index is -4.75. The zero-order chi connectivity index (χ0) is 30.5. The second kappa shape index (κ2) is 16.6. The molecule has 3 N–H and O–H groups in total. The van der Waals surface area contributed by atoms with E-state index < -0.39 is 30.1 Å². The third-order valence-electron chi connectivity index (χ3n) is 8.31. The minimum absolute atomic E-state index is 0.0231. The van der Waals surface area contributed by atoms with E-state index in [0.717, 1.165) is 31.2 Å². The number of nitrogens with zero attached hydrogens (tertiary/aromatic N) is 1. The van der Waals surface area contributed by atoms with Gasteiger partial charge in [0.1, 0.15) is 4.90 Å². The molecule has 1 aliphatic heterocycles. The molecule has 1 atom stereocenters. The summed E-state index contributed by atoms with van der Waals surface area (Å²) in [4.78, 5) is -0.870. The fraction of sp³-hybridized carbons (Fsp3) is 0.625. The highest BCUT2D eigenvalue weighted by Gasteiger charge is 2.54. The molecule has 1 heterocycles. The SMILES string of the molecule is CCCCCCCCCCCCCCCCCCC1(S(=O)(=O)O)Nc2c(cccc2S(=O)(=O)O)N1Cc1ccccc1. The van der Waals surface area contributed by atoms with Crippen molar-refractivity contribution in [3.63, 3.8) is 0 Å². The summed E-state index contributed by atoms with van der Waals surface area (Å²) in [6.07, 6.45) is 19.1. The molecule has 0 aliphatic carbocycles. The quantitative estimate of drug-likeness (QED) is 0.0934. The Hall–Kier alpha value is -2.14. The molecule has 42 heavy (non-hydrogen) atoms. The number of para-hydroxylation sites is 1. The number of nitrogens with one attached hydrogen (secondary N) is 1. The number of unbranched alkanes of at least 4 members (excludes halogenated alkanes) is 15. The summed E-state index contributed by atoms with van der Waals surface area (Å²) in [5.74, 6) is 0. The van der Waals surface area contributed by atoms with Crippen molar-refractivity contribution in [1.29, 1.82) is 0 Å². The first-order valence-electron chi connectivity index (χ1n) is 15.8. The second-order valence-corrected chi connectivity index (χ2v) is 14.7. The monoisotopic (exact) mass is 622 g/mol. The van der Waals surface area contributed by atoms with Gasteiger partial charge in [-0.05, 0) is 24.1 Å². The van der Waals surface area contributed by atoms with Crippen LogP contribution in [0.25, 0.3) is 0 Å². The van der Waals surface area contributed by atoms with Gasteiger partial charge in [-0.3, -0.25) is 9.11 Å². The zero-order valence-corrected chi connectivity index (χ0v) is 26.8. The summed E-state index contributed by atoms with van der Waals surface area (Å²) < 4.78 is 70.7. The predicted octanol–water partition coefficient (Wildman–Crippen LogP) is 8.56. The maximum absolute atomic E-state index is 13.0. The largest absolute Gasteiger partial charge is 0.345 e. The summed E-state index contributed by atoms with van der Waals surface area (Å²) in [6, 6.07) is 13.5. The summed E-state index contributed by atoms with van der Waals surface area (Å²) in [6.45, 7) is 2.37. The molecule has 3 rings (SSSR count). The summed E-state index contributed by atoms with van der Waals surface area (Å²) in [5.41, 5.74) is 1.07. The predicted molar refractivity (Wildman–Crippen MR) is 171 cm³/mol. The Bertz CT molecular complexity index is 1300. The maximum atomic E-state index is 13.0. The molecule has 0 aromatic heterocycles. The molecule has 8 nitrogen and oxygen atoms in total. The van der Waals surface area contributed by atoms with Gasteiger partial charge in [0.05, 0.1) is 11.4 Å². The van der Waals surface area contributed by atoms with Crippen molar-refractivity contribution >= 4 is 31.6 Å². The molecule has 1 unspecified atom stereocenters. The van der Waals surface area contributed by atoms with E-state index in [1.54, 1.807) is 6.07 Å². The number of hydrogen-bond acceptors (Lipinski definition) is 6. The maximum Gasteiger partial charge on any atom is 0.308 e. The average molecular weight is 623 g/mol. The van der Waals surface area contributed by atoms with Gasteiger partial charge in [-0.1, -0.05) is 140 Å². The van der Waals surface area contributed by atoms with Gasteiger partial charge in [0.2, 0.25) is 4.99 Å². The lowest BCUT2D eigenvalue weighted by Crippen LogP contribution is -2.56. The highest BCUT2D eigenvalue weighted by atomic mass is 32.2. The van der Waals surface area contributed by atoms with Crippen LogP contribution in [0.15, 0.2) is 53.4 Å². The van der Waals surface area contributed by atoms with Gasteiger partial charge in [-0.25, -0.2) is 0 Å². The van der Waals surface area contributed by atoms with E-state index in [0.29, 0.717) is 12.1 Å². The van der Waals surface area contributed by atoms with E-state index in [-0.39, 0.29) is 18.7 Å². The Morgan fingerprint density at radius 3 is 1.64 bits per heavy atom. The van der Waals surface area contributed by atoms with Gasteiger partial charge in [0.25, 0.3) is 10.1 Å². The zero-order valence-electron chi connectivity index (χ0n) is 25.1. The minimum Gasteiger partial charge on any atom is -0.345 e. The van der Waals surface area contributed by atoms with Gasteiger partial charge in [-0.15, -0.1) is 0 Å². The smallest absolute Gasteiger partial charge is 0.308 e. The lowest BCUT2D eigenvalue weighted by molar-refractivity contribution is 0.407. The molecule has 10 heteroatoms. The van der Waals surface area contributed by atoms with Crippen LogP contribution in [0, 0.1) is 0 Å². The normalized spacial score (nSPS) is 16.9. The topological polar surface area (TPSA) is 124 Å². The fourth-order valence-corrected chi connectivity index (χ4v) is 7.70. The number of benzene rings is 2. The van der Waals surface area contributed by atoms with Crippen LogP contribution in [0.5, 0.6) is 0 Å². The van der Waals surface area contributed by atoms with Crippen LogP contribution in [-0.2, 0) is 26.8 Å². The van der Waals surface area contributed by atoms with Crippen molar-refractivity contribution < 1.29 is 25.9 Å². The molecule has 0 bridgehead atoms. The van der Waals surface area contributed by atoms with E-state index in [2.05, 4.69) is 12.2 Å². The third kappa shape index (κ3) is 9.69. The molecule has 0 amide bonds. The van der Waals surface area contributed by atoms with Crippen molar-refractivity contribution in [2.45, 2.75) is 133 Å². The van der Waals surface area contributed by atoms with E-state index in [4.69, 9.17) is 0 Å². The first-order chi connectivity index (χ1) is 20.1. The highest BCUT2D eigenvalue weighted by molar-refractivity contribution is 7.87. The van der Waals surface area contributed by atoms with Crippen molar-refractivity contribution in [2.24, 2.45) is 0 Å². The molecular formula is C32H50N2O6S2. The molecule has 0 fully saturated rings. The lowest BCUT2D eigenvalue weighted by Gasteiger charge is -2.37. The Kier molecular flexibility index (Phi) is 13.6. The number of fused-ring (bicyclic) bond motifs is 1. The molecule has 1 aliphatic rings. The van der Waals surface area contributed by atoms with Crippen molar-refractivity contribution in [3.8, 4) is 0 Å². The van der Waals surface area contributed by atoms with E-state index in [1.165, 1.54) is 87.7 Å². The van der Waals surface area contributed by atoms with Crippen molar-refractivity contribution in [1.82, 2.24) is 0 Å². The first-order valence-corrected chi connectivity index (χ1v) is 18.7. The van der Waals surface area contributed by atoms with Crippen LogP contribution < -0.4 is 10.2 Å². The van der Waals surface area contributed by atoms with E-state index in [1.807, 2.05) is 30.3 Å². The summed E-state index contributed by atoms with van der Waals surface area (Å²) in [7, 11) is -9.38. The van der Waals surface area contributed by atoms with Gasteiger partial charge >= 0.3 is 10.1 Å². The van der Waals surface area contributed by atoms with Crippen LogP contribution in [0.2, 0.25) is 0 Å². The van der Waals surface area contributed by atoms with E-state index >= 15 is 0 Å². The molecule has 0 saturated heterocycles. The van der Waals surface area contributed by atoms with Gasteiger partial charge in [0, 0.05) is 13.0 Å². The molecule has 0 saturated carbocycles. The number of rotatable bonds is 21. The molecular weight excluding hydrogens is 572 g/mol. The second-order valence-electron chi connectivity index (χ2n) is 11.6. The number of hydrogen-bond donors (Lipinski definition) is 3. The first kappa shape index (κ1) is 34.4. The van der Waals surface area contributed by atoms with Crippen LogP contribution in [0.1, 0.15) is 122 Å². The third-order valence-corrected chi connectivity index (χ3v) is 10.6. The molecule has 236 valence electrons. The average Bonchev–Trinajstić information content (AvgIpc) is 3.27. The van der Waals surface area contributed by atoms with Gasteiger partial charge in [0.15, 0.2) is 0 Å². The standard InChI is InChI=1S/C32H50N2O6S2/c1-2-3-4-5-6-7-8-9-10-11-12-13-14-15-16-20-26-32(42(38,39)40)33-31-29(24-21-25-30(31)41(35,36)37)34(32)27-28-22-18-17-19-23-28/h17-19,21-25,33H,2-16,20,26-27H2,1H3,(H,35,36,37)(H,38,39,40). The van der Waals surface area contributed by atoms with Crippen LogP contribution in [0.3, 0.4) is 0 Å². The van der Waals surface area contributed by atoms with Crippen LogP contribution >= 0.6 is 0 Å². The van der Waals surface area contributed by atoms with E-state index in [9.17, 15) is 25.9 Å². The van der Waals surface area contributed by atoms with Crippen molar-refractivity contribution in [3.05, 3.63) is 54.1 Å². The van der Waals surface area contributed by atoms with Crippen LogP contribution in [-0.4, -0.2) is 30.9 Å². The number of anilines is 2. The molecule has 2 aromatic rings. The highest BCUT2D eigenvalue weighted by Crippen LogP contribution is 2.48. The summed E-state index contributed by atoms with van der Waals surface area (Å²) in [5, 5.41) is 2.83. The molecule has 0 spiro atoms. The Balaban J connectivity index is 1.52. The van der Waals surface area contributed by atoms with Crippen LogP contribution in [0.4, 0.5) is 11.4 Å². The van der Waals surface area contributed by atoms with Gasteiger partial charge < -0.3 is 10.2 Å². The Morgan fingerprint density at radius 1 is 0.667 bits per heavy atom. The Labute approximate surface area is 253 Å². The molecule has 0 radical (unpaired) electrons.